The predicted octanol–water partition coefficient (Wildman–Crippen LogP) is 1.13. The summed E-state index contributed by atoms with van der Waals surface area (Å²) in [4.78, 5) is 11.7. The van der Waals surface area contributed by atoms with Crippen LogP contribution in [-0.4, -0.2) is 27.5 Å². The lowest BCUT2D eigenvalue weighted by Gasteiger charge is -2.24. The average molecular weight is 288 g/mol. The van der Waals surface area contributed by atoms with E-state index in [-0.39, 0.29) is 12.6 Å². The highest BCUT2D eigenvalue weighted by atomic mass is 16.3. The van der Waals surface area contributed by atoms with E-state index in [0.717, 1.165) is 11.1 Å². The Morgan fingerprint density at radius 2 is 2.05 bits per heavy atom. The molecule has 0 saturated heterocycles. The number of aliphatic hydroxyl groups is 1. The van der Waals surface area contributed by atoms with E-state index >= 15 is 0 Å². The molecular formula is C15H20N4O2. The van der Waals surface area contributed by atoms with Crippen molar-refractivity contribution in [2.45, 2.75) is 19.1 Å². The number of nitrogens with one attached hydrogen (secondary N) is 2. The number of hydrogen-bond donors (Lipinski definition) is 3. The molecule has 0 saturated carbocycles. The maximum atomic E-state index is 11.7. The molecule has 1 heterocycles. The van der Waals surface area contributed by atoms with Crippen LogP contribution < -0.4 is 10.6 Å². The Balaban J connectivity index is 1.80. The number of aryl methyl sites for hydroxylation is 1. The van der Waals surface area contributed by atoms with E-state index in [4.69, 9.17) is 0 Å². The van der Waals surface area contributed by atoms with Crippen molar-refractivity contribution in [3.05, 3.63) is 53.9 Å². The second-order valence-electron chi connectivity index (χ2n) is 5.20. The van der Waals surface area contributed by atoms with Crippen LogP contribution in [0.4, 0.5) is 4.79 Å². The number of aromatic nitrogens is 2. The summed E-state index contributed by atoms with van der Waals surface area (Å²) in [7, 11) is 1.82. The number of carbonyl (C=O) groups is 1. The van der Waals surface area contributed by atoms with Gasteiger partial charge in [-0.3, -0.25) is 4.68 Å². The molecule has 21 heavy (non-hydrogen) atoms. The van der Waals surface area contributed by atoms with Gasteiger partial charge in [0.05, 0.1) is 12.7 Å². The third-order valence-corrected chi connectivity index (χ3v) is 3.20. The highest BCUT2D eigenvalue weighted by Crippen LogP contribution is 2.18. The first-order valence-electron chi connectivity index (χ1n) is 6.74. The third kappa shape index (κ3) is 4.32. The lowest BCUT2D eigenvalue weighted by atomic mass is 9.96. The van der Waals surface area contributed by atoms with E-state index in [9.17, 15) is 9.90 Å². The van der Waals surface area contributed by atoms with E-state index in [1.54, 1.807) is 17.8 Å². The Hall–Kier alpha value is -2.34. The summed E-state index contributed by atoms with van der Waals surface area (Å²) in [6.07, 6.45) is 3.53. The number of amides is 2. The van der Waals surface area contributed by atoms with Crippen LogP contribution in [0, 0.1) is 0 Å². The van der Waals surface area contributed by atoms with Gasteiger partial charge >= 0.3 is 6.03 Å². The molecule has 0 aliphatic carbocycles. The second kappa shape index (κ2) is 6.41. The molecule has 0 aliphatic heterocycles. The third-order valence-electron chi connectivity index (χ3n) is 3.20. The Kier molecular flexibility index (Phi) is 4.59. The smallest absolute Gasteiger partial charge is 0.315 e. The van der Waals surface area contributed by atoms with E-state index in [2.05, 4.69) is 15.7 Å². The molecule has 1 aromatic heterocycles. The van der Waals surface area contributed by atoms with Gasteiger partial charge in [-0.25, -0.2) is 4.79 Å². The second-order valence-corrected chi connectivity index (χ2v) is 5.20. The summed E-state index contributed by atoms with van der Waals surface area (Å²) >= 11 is 0. The highest BCUT2D eigenvalue weighted by molar-refractivity contribution is 5.73. The van der Waals surface area contributed by atoms with E-state index in [0.29, 0.717) is 6.54 Å². The van der Waals surface area contributed by atoms with Crippen LogP contribution in [0.3, 0.4) is 0 Å². The topological polar surface area (TPSA) is 79.2 Å². The fourth-order valence-corrected chi connectivity index (χ4v) is 1.96. The average Bonchev–Trinajstić information content (AvgIpc) is 2.90. The fraction of sp³-hybridized carbons (Fsp3) is 0.333. The number of nitrogens with zero attached hydrogens (tertiary/aromatic N) is 2. The van der Waals surface area contributed by atoms with Gasteiger partial charge in [-0.2, -0.15) is 5.10 Å². The van der Waals surface area contributed by atoms with Crippen molar-refractivity contribution in [2.75, 3.05) is 6.54 Å². The van der Waals surface area contributed by atoms with Crippen molar-refractivity contribution in [1.82, 2.24) is 20.4 Å². The van der Waals surface area contributed by atoms with Crippen molar-refractivity contribution in [3.8, 4) is 0 Å². The number of benzene rings is 1. The lowest BCUT2D eigenvalue weighted by Crippen LogP contribution is -2.43. The molecule has 1 aromatic carbocycles. The molecule has 0 spiro atoms. The van der Waals surface area contributed by atoms with Gasteiger partial charge < -0.3 is 15.7 Å². The molecule has 0 radical (unpaired) electrons. The van der Waals surface area contributed by atoms with Gasteiger partial charge in [-0.1, -0.05) is 30.3 Å². The van der Waals surface area contributed by atoms with Crippen LogP contribution in [0.1, 0.15) is 18.1 Å². The normalized spacial score (nSPS) is 13.5. The van der Waals surface area contributed by atoms with Gasteiger partial charge in [0, 0.05) is 25.4 Å². The molecule has 112 valence electrons. The minimum absolute atomic E-state index is 0.135. The zero-order valence-electron chi connectivity index (χ0n) is 12.2. The molecule has 2 aromatic rings. The van der Waals surface area contributed by atoms with Gasteiger partial charge in [0.1, 0.15) is 5.60 Å². The van der Waals surface area contributed by atoms with Crippen molar-refractivity contribution in [2.24, 2.45) is 7.05 Å². The summed E-state index contributed by atoms with van der Waals surface area (Å²) in [5, 5.41) is 19.8. The zero-order valence-corrected chi connectivity index (χ0v) is 12.2. The lowest BCUT2D eigenvalue weighted by molar-refractivity contribution is 0.0594. The Morgan fingerprint density at radius 1 is 1.33 bits per heavy atom. The summed E-state index contributed by atoms with van der Waals surface area (Å²) < 4.78 is 1.68. The quantitative estimate of drug-likeness (QED) is 0.771. The van der Waals surface area contributed by atoms with Crippen LogP contribution in [-0.2, 0) is 19.2 Å². The first-order valence-corrected chi connectivity index (χ1v) is 6.74. The first-order chi connectivity index (χ1) is 9.97. The van der Waals surface area contributed by atoms with E-state index in [1.165, 1.54) is 0 Å². The minimum atomic E-state index is -1.10. The van der Waals surface area contributed by atoms with Gasteiger partial charge in [-0.05, 0) is 12.5 Å². The molecule has 0 aliphatic rings. The SMILES string of the molecule is Cn1cc(CNC(=O)NC[C@@](C)(O)c2ccccc2)cn1. The number of carbonyl (C=O) groups excluding carboxylic acids is 1. The molecule has 1 atom stereocenters. The fourth-order valence-electron chi connectivity index (χ4n) is 1.96. The van der Waals surface area contributed by atoms with Crippen LogP contribution >= 0.6 is 0 Å². The first kappa shape index (κ1) is 15.1. The number of urea groups is 1. The van der Waals surface area contributed by atoms with Gasteiger partial charge in [0.25, 0.3) is 0 Å². The molecule has 0 bridgehead atoms. The molecule has 0 fully saturated rings. The Labute approximate surface area is 123 Å². The maximum Gasteiger partial charge on any atom is 0.315 e. The molecule has 3 N–H and O–H groups in total. The minimum Gasteiger partial charge on any atom is -0.384 e. The van der Waals surface area contributed by atoms with Crippen LogP contribution in [0.25, 0.3) is 0 Å². The van der Waals surface area contributed by atoms with Crippen molar-refractivity contribution in [3.63, 3.8) is 0 Å². The molecule has 6 heteroatoms. The molecule has 0 unspecified atom stereocenters. The maximum absolute atomic E-state index is 11.7. The summed E-state index contributed by atoms with van der Waals surface area (Å²) in [5.74, 6) is 0. The highest BCUT2D eigenvalue weighted by Gasteiger charge is 2.23. The van der Waals surface area contributed by atoms with Crippen LogP contribution in [0.5, 0.6) is 0 Å². The number of hydrogen-bond acceptors (Lipinski definition) is 3. The van der Waals surface area contributed by atoms with E-state index < -0.39 is 5.60 Å². The molecule has 6 nitrogen and oxygen atoms in total. The van der Waals surface area contributed by atoms with Gasteiger partial charge in [-0.15, -0.1) is 0 Å². The summed E-state index contributed by atoms with van der Waals surface area (Å²) in [5.41, 5.74) is 0.576. The monoisotopic (exact) mass is 288 g/mol. The van der Waals surface area contributed by atoms with Crippen molar-refractivity contribution in [1.29, 1.82) is 0 Å². The standard InChI is InChI=1S/C15H20N4O2/c1-15(21,13-6-4-3-5-7-13)11-17-14(20)16-8-12-9-18-19(2)10-12/h3-7,9-10,21H,8,11H2,1-2H3,(H2,16,17,20)/t15-/m1/s1. The summed E-state index contributed by atoms with van der Waals surface area (Å²) in [6, 6.07) is 8.92. The number of rotatable bonds is 5. The summed E-state index contributed by atoms with van der Waals surface area (Å²) in [6.45, 7) is 2.20. The molecule has 2 amide bonds. The van der Waals surface area contributed by atoms with Gasteiger partial charge in [0.15, 0.2) is 0 Å². The molecule has 2 rings (SSSR count). The van der Waals surface area contributed by atoms with Crippen molar-refractivity contribution < 1.29 is 9.90 Å². The van der Waals surface area contributed by atoms with E-state index in [1.807, 2.05) is 43.6 Å². The Bertz CT molecular complexity index is 593. The van der Waals surface area contributed by atoms with Crippen molar-refractivity contribution >= 4 is 6.03 Å². The van der Waals surface area contributed by atoms with Crippen LogP contribution in [0.15, 0.2) is 42.7 Å². The van der Waals surface area contributed by atoms with Crippen LogP contribution in [0.2, 0.25) is 0 Å². The van der Waals surface area contributed by atoms with Gasteiger partial charge in [0.2, 0.25) is 0 Å². The zero-order chi connectivity index (χ0) is 15.3. The Morgan fingerprint density at radius 3 is 2.67 bits per heavy atom. The largest absolute Gasteiger partial charge is 0.384 e. The molecular weight excluding hydrogens is 268 g/mol. The predicted molar refractivity (Wildman–Crippen MR) is 79.5 cm³/mol.